The van der Waals surface area contributed by atoms with E-state index in [0.29, 0.717) is 5.82 Å². The van der Waals surface area contributed by atoms with Crippen LogP contribution in [0.25, 0.3) is 11.0 Å². The maximum absolute atomic E-state index is 6.04. The highest BCUT2D eigenvalue weighted by atomic mass is 32.2. The number of ether oxygens (including phenoxy) is 1. The van der Waals surface area contributed by atoms with E-state index in [4.69, 9.17) is 15.5 Å². The van der Waals surface area contributed by atoms with Crippen molar-refractivity contribution in [3.05, 3.63) is 17.6 Å². The van der Waals surface area contributed by atoms with Crippen molar-refractivity contribution < 1.29 is 4.74 Å². The summed E-state index contributed by atoms with van der Waals surface area (Å²) in [6, 6.07) is 0. The van der Waals surface area contributed by atoms with Crippen molar-refractivity contribution in [3.63, 3.8) is 0 Å². The fourth-order valence-electron chi connectivity index (χ4n) is 2.80. The number of rotatable bonds is 10. The number of pyridine rings is 1. The standard InChI is InChI=1S/C18H30N4OS/c1-5-6-10-24-11-8-7-9-22-16-13(2)12-20-17(19)15(16)21-18(22)14(3)23-4/h12,14H,5-11H2,1-4H3,(H2,19,20). The molecule has 2 rings (SSSR count). The van der Waals surface area contributed by atoms with Gasteiger partial charge in [0.1, 0.15) is 17.4 Å². The van der Waals surface area contributed by atoms with Gasteiger partial charge in [-0.25, -0.2) is 9.97 Å². The first kappa shape index (κ1) is 19.1. The number of nitrogens with two attached hydrogens (primary N) is 1. The lowest BCUT2D eigenvalue weighted by Gasteiger charge is -2.14. The molecule has 1 unspecified atom stereocenters. The molecule has 5 nitrogen and oxygen atoms in total. The zero-order chi connectivity index (χ0) is 17.5. The number of fused-ring (bicyclic) bond motifs is 1. The van der Waals surface area contributed by atoms with E-state index in [2.05, 4.69) is 35.2 Å². The van der Waals surface area contributed by atoms with E-state index in [-0.39, 0.29) is 6.10 Å². The minimum Gasteiger partial charge on any atom is -0.382 e. The molecule has 0 aliphatic rings. The summed E-state index contributed by atoms with van der Waals surface area (Å²) in [5, 5.41) is 0. The number of hydrogen-bond acceptors (Lipinski definition) is 5. The highest BCUT2D eigenvalue weighted by Gasteiger charge is 2.19. The molecule has 0 aliphatic carbocycles. The average molecular weight is 351 g/mol. The van der Waals surface area contributed by atoms with Gasteiger partial charge in [-0.05, 0) is 50.2 Å². The van der Waals surface area contributed by atoms with Crippen LogP contribution >= 0.6 is 11.8 Å². The molecule has 0 amide bonds. The van der Waals surface area contributed by atoms with Gasteiger partial charge < -0.3 is 15.0 Å². The van der Waals surface area contributed by atoms with Gasteiger partial charge in [0.05, 0.1) is 5.52 Å². The third kappa shape index (κ3) is 4.42. The molecule has 24 heavy (non-hydrogen) atoms. The number of nitrogen functional groups attached to an aromatic ring is 1. The van der Waals surface area contributed by atoms with Gasteiger partial charge in [0.15, 0.2) is 5.82 Å². The number of aromatic nitrogens is 3. The Hall–Kier alpha value is -1.27. The molecule has 2 N–H and O–H groups in total. The summed E-state index contributed by atoms with van der Waals surface area (Å²) in [5.41, 5.74) is 9.05. The second-order valence-electron chi connectivity index (χ2n) is 6.20. The second-order valence-corrected chi connectivity index (χ2v) is 7.42. The molecule has 2 heterocycles. The Kier molecular flexibility index (Phi) is 7.37. The monoisotopic (exact) mass is 350 g/mol. The van der Waals surface area contributed by atoms with Gasteiger partial charge in [-0.1, -0.05) is 13.3 Å². The van der Waals surface area contributed by atoms with E-state index in [1.807, 2.05) is 13.1 Å². The molecular weight excluding hydrogens is 320 g/mol. The second kappa shape index (κ2) is 9.28. The predicted octanol–water partition coefficient (Wildman–Crippen LogP) is 4.34. The maximum atomic E-state index is 6.04. The highest BCUT2D eigenvalue weighted by molar-refractivity contribution is 7.99. The first-order chi connectivity index (χ1) is 11.6. The Morgan fingerprint density at radius 1 is 1.29 bits per heavy atom. The van der Waals surface area contributed by atoms with E-state index < -0.39 is 0 Å². The molecule has 0 fully saturated rings. The summed E-state index contributed by atoms with van der Waals surface area (Å²) < 4.78 is 7.78. The Morgan fingerprint density at radius 2 is 2.04 bits per heavy atom. The normalized spacial score (nSPS) is 12.8. The van der Waals surface area contributed by atoms with Crippen LogP contribution < -0.4 is 5.73 Å². The number of imidazole rings is 1. The average Bonchev–Trinajstić information content (AvgIpc) is 2.97. The molecular formula is C18H30N4OS. The van der Waals surface area contributed by atoms with Crippen LogP contribution in [0.15, 0.2) is 6.20 Å². The third-order valence-corrected chi connectivity index (χ3v) is 5.45. The topological polar surface area (TPSA) is 66.0 Å². The molecule has 6 heteroatoms. The molecule has 0 radical (unpaired) electrons. The van der Waals surface area contributed by atoms with Gasteiger partial charge in [0.2, 0.25) is 0 Å². The number of aryl methyl sites for hydroxylation is 2. The van der Waals surface area contributed by atoms with Gasteiger partial charge >= 0.3 is 0 Å². The first-order valence-corrected chi connectivity index (χ1v) is 9.97. The van der Waals surface area contributed by atoms with Crippen molar-refractivity contribution in [2.75, 3.05) is 24.3 Å². The molecule has 0 bridgehead atoms. The summed E-state index contributed by atoms with van der Waals surface area (Å²) in [5.74, 6) is 3.94. The van der Waals surface area contributed by atoms with Crippen LogP contribution in [-0.4, -0.2) is 33.2 Å². The van der Waals surface area contributed by atoms with Gasteiger partial charge in [-0.15, -0.1) is 0 Å². The van der Waals surface area contributed by atoms with E-state index in [0.717, 1.165) is 35.4 Å². The van der Waals surface area contributed by atoms with Crippen molar-refractivity contribution in [2.45, 2.75) is 59.1 Å². The van der Waals surface area contributed by atoms with Crippen molar-refractivity contribution in [2.24, 2.45) is 0 Å². The molecule has 0 spiro atoms. The lowest BCUT2D eigenvalue weighted by atomic mass is 10.2. The van der Waals surface area contributed by atoms with Crippen molar-refractivity contribution in [3.8, 4) is 0 Å². The fraction of sp³-hybridized carbons (Fsp3) is 0.667. The van der Waals surface area contributed by atoms with E-state index in [1.54, 1.807) is 7.11 Å². The highest BCUT2D eigenvalue weighted by Crippen LogP contribution is 2.28. The minimum atomic E-state index is -0.0601. The molecule has 134 valence electrons. The maximum Gasteiger partial charge on any atom is 0.151 e. The van der Waals surface area contributed by atoms with Crippen LogP contribution in [0.2, 0.25) is 0 Å². The molecule has 2 aromatic heterocycles. The van der Waals surface area contributed by atoms with Crippen LogP contribution in [0, 0.1) is 6.92 Å². The number of thioether (sulfide) groups is 1. The van der Waals surface area contributed by atoms with E-state index in [9.17, 15) is 0 Å². The van der Waals surface area contributed by atoms with Gasteiger partial charge in [0, 0.05) is 19.9 Å². The molecule has 0 aliphatic heterocycles. The largest absolute Gasteiger partial charge is 0.382 e. The molecule has 0 saturated carbocycles. The van der Waals surface area contributed by atoms with Gasteiger partial charge in [-0.3, -0.25) is 0 Å². The summed E-state index contributed by atoms with van der Waals surface area (Å²) in [7, 11) is 1.72. The van der Waals surface area contributed by atoms with Crippen LogP contribution in [0.5, 0.6) is 0 Å². The Morgan fingerprint density at radius 3 is 2.75 bits per heavy atom. The number of anilines is 1. The molecule has 1 atom stereocenters. The van der Waals surface area contributed by atoms with Crippen molar-refractivity contribution in [1.29, 1.82) is 0 Å². The molecule has 2 aromatic rings. The van der Waals surface area contributed by atoms with Crippen molar-refractivity contribution in [1.82, 2.24) is 14.5 Å². The smallest absolute Gasteiger partial charge is 0.151 e. The Balaban J connectivity index is 2.13. The SMILES string of the molecule is CCCCSCCCCn1c(C(C)OC)nc2c(N)ncc(C)c21. The Bertz CT molecular complexity index is 656. The van der Waals surface area contributed by atoms with E-state index >= 15 is 0 Å². The zero-order valence-corrected chi connectivity index (χ0v) is 16.2. The summed E-state index contributed by atoms with van der Waals surface area (Å²) in [6.07, 6.45) is 6.72. The lowest BCUT2D eigenvalue weighted by molar-refractivity contribution is 0.109. The van der Waals surface area contributed by atoms with Crippen molar-refractivity contribution >= 4 is 28.6 Å². The first-order valence-electron chi connectivity index (χ1n) is 8.81. The van der Waals surface area contributed by atoms with Crippen LogP contribution in [0.1, 0.15) is 57.0 Å². The number of nitrogens with zero attached hydrogens (tertiary/aromatic N) is 3. The van der Waals surface area contributed by atoms with Gasteiger partial charge in [-0.2, -0.15) is 11.8 Å². The predicted molar refractivity (Wildman–Crippen MR) is 104 cm³/mol. The summed E-state index contributed by atoms with van der Waals surface area (Å²) in [6.45, 7) is 7.27. The van der Waals surface area contributed by atoms with Gasteiger partial charge in [0.25, 0.3) is 0 Å². The number of hydrogen-bond donors (Lipinski definition) is 1. The lowest BCUT2D eigenvalue weighted by Crippen LogP contribution is -2.09. The van der Waals surface area contributed by atoms with Crippen LogP contribution in [0.4, 0.5) is 5.82 Å². The van der Waals surface area contributed by atoms with Crippen LogP contribution in [0.3, 0.4) is 0 Å². The fourth-order valence-corrected chi connectivity index (χ4v) is 3.91. The molecule has 0 saturated heterocycles. The van der Waals surface area contributed by atoms with E-state index in [1.165, 1.54) is 30.8 Å². The zero-order valence-electron chi connectivity index (χ0n) is 15.3. The third-order valence-electron chi connectivity index (χ3n) is 4.29. The van der Waals surface area contributed by atoms with Crippen LogP contribution in [-0.2, 0) is 11.3 Å². The molecule has 0 aromatic carbocycles. The number of unbranched alkanes of at least 4 members (excludes halogenated alkanes) is 2. The minimum absolute atomic E-state index is 0.0601. The quantitative estimate of drug-likeness (QED) is 0.646. The Labute approximate surface area is 149 Å². The summed E-state index contributed by atoms with van der Waals surface area (Å²) in [4.78, 5) is 8.97. The number of methoxy groups -OCH3 is 1. The summed E-state index contributed by atoms with van der Waals surface area (Å²) >= 11 is 2.06.